The van der Waals surface area contributed by atoms with Crippen LogP contribution in [0.15, 0.2) is 6.33 Å². The molecule has 0 saturated heterocycles. The maximum absolute atomic E-state index is 4.47. The van der Waals surface area contributed by atoms with E-state index in [0.717, 1.165) is 18.3 Å². The summed E-state index contributed by atoms with van der Waals surface area (Å²) < 4.78 is 1.98. The molecule has 0 aliphatic heterocycles. The van der Waals surface area contributed by atoms with E-state index in [4.69, 9.17) is 0 Å². The molecule has 0 unspecified atom stereocenters. The van der Waals surface area contributed by atoms with Crippen molar-refractivity contribution in [3.05, 3.63) is 12.2 Å². The molecule has 13 heavy (non-hydrogen) atoms. The summed E-state index contributed by atoms with van der Waals surface area (Å²) in [6, 6.07) is 0. The van der Waals surface area contributed by atoms with E-state index in [1.54, 1.807) is 0 Å². The molecule has 1 aliphatic carbocycles. The lowest BCUT2D eigenvalue weighted by Crippen LogP contribution is -2.14. The van der Waals surface area contributed by atoms with Crippen molar-refractivity contribution in [2.45, 2.75) is 45.6 Å². The first-order valence-electron chi connectivity index (χ1n) is 4.95. The topological polar surface area (TPSA) is 30.7 Å². The number of hydrogen-bond donors (Lipinski definition) is 0. The summed E-state index contributed by atoms with van der Waals surface area (Å²) in [5, 5.41) is 4.47. The molecule has 3 heteroatoms. The quantitative estimate of drug-likeness (QED) is 0.695. The average molecular weight is 179 g/mol. The minimum atomic E-state index is 0.0782. The van der Waals surface area contributed by atoms with Gasteiger partial charge in [-0.3, -0.25) is 4.68 Å². The largest absolute Gasteiger partial charge is 0.252 e. The summed E-state index contributed by atoms with van der Waals surface area (Å²) in [5.41, 5.74) is 0.0782. The second kappa shape index (κ2) is 2.82. The van der Waals surface area contributed by atoms with Crippen LogP contribution in [0, 0.1) is 5.92 Å². The highest BCUT2D eigenvalue weighted by atomic mass is 15.3. The predicted octanol–water partition coefficient (Wildman–Crippen LogP) is 1.99. The Kier molecular flexibility index (Phi) is 1.90. The van der Waals surface area contributed by atoms with Crippen LogP contribution in [0.4, 0.5) is 0 Å². The van der Waals surface area contributed by atoms with E-state index in [1.165, 1.54) is 12.8 Å². The molecular weight excluding hydrogens is 162 g/mol. The molecule has 3 nitrogen and oxygen atoms in total. The average Bonchev–Trinajstić information content (AvgIpc) is 2.63. The molecular formula is C10H17N3. The van der Waals surface area contributed by atoms with Crippen LogP contribution < -0.4 is 0 Å². The minimum absolute atomic E-state index is 0.0782. The molecule has 0 atom stereocenters. The van der Waals surface area contributed by atoms with Crippen molar-refractivity contribution in [1.82, 2.24) is 14.8 Å². The number of rotatable bonds is 2. The zero-order valence-corrected chi connectivity index (χ0v) is 8.62. The third-order valence-electron chi connectivity index (χ3n) is 2.35. The molecule has 0 bridgehead atoms. The Morgan fingerprint density at radius 1 is 1.46 bits per heavy atom. The Morgan fingerprint density at radius 3 is 2.62 bits per heavy atom. The maximum atomic E-state index is 4.47. The van der Waals surface area contributed by atoms with Gasteiger partial charge in [-0.15, -0.1) is 0 Å². The molecule has 1 aliphatic rings. The van der Waals surface area contributed by atoms with Gasteiger partial charge in [-0.2, -0.15) is 5.10 Å². The molecule has 0 spiro atoms. The van der Waals surface area contributed by atoms with Gasteiger partial charge >= 0.3 is 0 Å². The molecule has 72 valence electrons. The first-order chi connectivity index (χ1) is 6.05. The highest BCUT2D eigenvalue weighted by molar-refractivity contribution is 4.98. The van der Waals surface area contributed by atoms with Crippen molar-refractivity contribution in [2.75, 3.05) is 0 Å². The molecule has 0 N–H and O–H groups in total. The van der Waals surface area contributed by atoms with E-state index in [-0.39, 0.29) is 5.41 Å². The summed E-state index contributed by atoms with van der Waals surface area (Å²) in [5.74, 6) is 1.82. The Morgan fingerprint density at radius 2 is 2.15 bits per heavy atom. The third-order valence-corrected chi connectivity index (χ3v) is 2.35. The highest BCUT2D eigenvalue weighted by Crippen LogP contribution is 2.30. The monoisotopic (exact) mass is 179 g/mol. The second-order valence-corrected chi connectivity index (χ2v) is 4.98. The predicted molar refractivity (Wildman–Crippen MR) is 51.4 cm³/mol. The van der Waals surface area contributed by atoms with Gasteiger partial charge in [0.25, 0.3) is 0 Å². The van der Waals surface area contributed by atoms with Gasteiger partial charge < -0.3 is 0 Å². The van der Waals surface area contributed by atoms with E-state index in [9.17, 15) is 0 Å². The Bertz CT molecular complexity index is 291. The van der Waals surface area contributed by atoms with Gasteiger partial charge in [-0.05, 0) is 18.8 Å². The van der Waals surface area contributed by atoms with E-state index in [1.807, 2.05) is 11.0 Å². The Balaban J connectivity index is 2.08. The molecule has 2 rings (SSSR count). The fourth-order valence-electron chi connectivity index (χ4n) is 1.29. The molecule has 1 saturated carbocycles. The van der Waals surface area contributed by atoms with Crippen LogP contribution in [-0.2, 0) is 12.0 Å². The second-order valence-electron chi connectivity index (χ2n) is 4.98. The smallest absolute Gasteiger partial charge is 0.155 e. The molecule has 1 heterocycles. The maximum Gasteiger partial charge on any atom is 0.155 e. The van der Waals surface area contributed by atoms with Crippen molar-refractivity contribution in [3.8, 4) is 0 Å². The van der Waals surface area contributed by atoms with Crippen molar-refractivity contribution < 1.29 is 0 Å². The van der Waals surface area contributed by atoms with Crippen molar-refractivity contribution in [2.24, 2.45) is 5.92 Å². The van der Waals surface area contributed by atoms with Crippen LogP contribution in [0.1, 0.15) is 39.4 Å². The molecule has 0 radical (unpaired) electrons. The van der Waals surface area contributed by atoms with Crippen molar-refractivity contribution in [1.29, 1.82) is 0 Å². The normalized spacial score (nSPS) is 17.8. The molecule has 0 amide bonds. The van der Waals surface area contributed by atoms with Gasteiger partial charge in [0.05, 0.1) is 0 Å². The molecule has 1 aromatic rings. The van der Waals surface area contributed by atoms with Gasteiger partial charge in [0.15, 0.2) is 5.82 Å². The minimum Gasteiger partial charge on any atom is -0.252 e. The number of hydrogen-bond acceptors (Lipinski definition) is 2. The van der Waals surface area contributed by atoms with Crippen LogP contribution in [0.3, 0.4) is 0 Å². The van der Waals surface area contributed by atoms with Crippen LogP contribution in [0.25, 0.3) is 0 Å². The van der Waals surface area contributed by atoms with E-state index < -0.39 is 0 Å². The van der Waals surface area contributed by atoms with Gasteiger partial charge in [0, 0.05) is 12.0 Å². The van der Waals surface area contributed by atoms with Gasteiger partial charge in [0.1, 0.15) is 6.33 Å². The van der Waals surface area contributed by atoms with Crippen molar-refractivity contribution in [3.63, 3.8) is 0 Å². The van der Waals surface area contributed by atoms with E-state index >= 15 is 0 Å². The zero-order chi connectivity index (χ0) is 9.47. The molecule has 1 fully saturated rings. The zero-order valence-electron chi connectivity index (χ0n) is 8.62. The summed E-state index contributed by atoms with van der Waals surface area (Å²) in [6.07, 6.45) is 4.59. The third kappa shape index (κ3) is 2.08. The van der Waals surface area contributed by atoms with Gasteiger partial charge in [-0.1, -0.05) is 20.8 Å². The summed E-state index contributed by atoms with van der Waals surface area (Å²) in [7, 11) is 0. The highest BCUT2D eigenvalue weighted by Gasteiger charge is 2.24. The summed E-state index contributed by atoms with van der Waals surface area (Å²) >= 11 is 0. The van der Waals surface area contributed by atoms with Crippen LogP contribution in [0.5, 0.6) is 0 Å². The number of aromatic nitrogens is 3. The van der Waals surface area contributed by atoms with Gasteiger partial charge in [-0.25, -0.2) is 4.98 Å². The fraction of sp³-hybridized carbons (Fsp3) is 0.800. The van der Waals surface area contributed by atoms with Crippen LogP contribution >= 0.6 is 0 Å². The summed E-state index contributed by atoms with van der Waals surface area (Å²) in [6.45, 7) is 7.49. The summed E-state index contributed by atoms with van der Waals surface area (Å²) in [4.78, 5) is 4.32. The first-order valence-corrected chi connectivity index (χ1v) is 4.95. The van der Waals surface area contributed by atoms with Crippen molar-refractivity contribution >= 4 is 0 Å². The van der Waals surface area contributed by atoms with Gasteiger partial charge in [0.2, 0.25) is 0 Å². The Labute approximate surface area is 79.2 Å². The lowest BCUT2D eigenvalue weighted by molar-refractivity contribution is 0.509. The van der Waals surface area contributed by atoms with E-state index in [2.05, 4.69) is 30.9 Å². The standard InChI is InChI=1S/C10H17N3/c1-10(2,3)9-11-7-13(12-9)6-8-4-5-8/h7-8H,4-6H2,1-3H3. The van der Waals surface area contributed by atoms with Crippen LogP contribution in [0.2, 0.25) is 0 Å². The lowest BCUT2D eigenvalue weighted by Gasteiger charge is -2.12. The first kappa shape index (κ1) is 8.73. The molecule has 0 aromatic carbocycles. The fourth-order valence-corrected chi connectivity index (χ4v) is 1.29. The molecule has 1 aromatic heterocycles. The number of nitrogens with zero attached hydrogens (tertiary/aromatic N) is 3. The van der Waals surface area contributed by atoms with Crippen LogP contribution in [-0.4, -0.2) is 14.8 Å². The van der Waals surface area contributed by atoms with E-state index in [0.29, 0.717) is 0 Å². The SMILES string of the molecule is CC(C)(C)c1ncn(CC2CC2)n1. The Hall–Kier alpha value is -0.860. The lowest BCUT2D eigenvalue weighted by atomic mass is 9.96.